The van der Waals surface area contributed by atoms with Gasteiger partial charge in [0.1, 0.15) is 43.7 Å². The zero-order chi connectivity index (χ0) is 44.3. The zero-order valence-corrected chi connectivity index (χ0v) is 35.7. The van der Waals surface area contributed by atoms with Crippen LogP contribution in [0.4, 0.5) is 0 Å². The maximum Gasteiger partial charge on any atom is 0.303 e. The molecule has 3 heterocycles. The molecule has 0 aromatic heterocycles. The van der Waals surface area contributed by atoms with Gasteiger partial charge in [-0.2, -0.15) is 0 Å². The van der Waals surface area contributed by atoms with Crippen LogP contribution in [0, 0.1) is 5.92 Å². The van der Waals surface area contributed by atoms with Crippen LogP contribution in [0.25, 0.3) is 0 Å². The molecule has 3 aliphatic heterocycles. The Morgan fingerprint density at radius 3 is 1.07 bits per heavy atom. The Morgan fingerprint density at radius 1 is 0.424 bits per heavy atom. The Labute approximate surface area is 347 Å². The molecule has 3 aliphatic rings. The number of hydrogen-bond donors (Lipinski definition) is 0. The Balaban J connectivity index is 2.23. The van der Waals surface area contributed by atoms with E-state index in [0.29, 0.717) is 0 Å². The minimum Gasteiger partial charge on any atom is -0.463 e. The second kappa shape index (κ2) is 22.6. The van der Waals surface area contributed by atoms with E-state index >= 15 is 0 Å². The second-order valence-corrected chi connectivity index (χ2v) is 14.3. The number of halogens is 1. The molecule has 59 heavy (non-hydrogen) atoms. The molecule has 15 atom stereocenters. The van der Waals surface area contributed by atoms with Gasteiger partial charge in [-0.1, -0.05) is 22.9 Å². The zero-order valence-electron chi connectivity index (χ0n) is 34.1. The topological polar surface area (TPSA) is 266 Å². The van der Waals surface area contributed by atoms with Crippen LogP contribution in [0.2, 0.25) is 0 Å². The first-order chi connectivity index (χ1) is 27.7. The summed E-state index contributed by atoms with van der Waals surface area (Å²) in [4.78, 5) is 99.2. The lowest BCUT2D eigenvalue weighted by Gasteiger charge is -2.50. The molecule has 0 aliphatic carbocycles. The largest absolute Gasteiger partial charge is 0.463 e. The minimum atomic E-state index is -1.87. The van der Waals surface area contributed by atoms with Gasteiger partial charge in [0, 0.05) is 73.7 Å². The van der Waals surface area contributed by atoms with Crippen molar-refractivity contribution in [1.29, 1.82) is 0 Å². The molecular formula is C36H51BrO22. The van der Waals surface area contributed by atoms with Gasteiger partial charge in [-0.3, -0.25) is 38.4 Å². The van der Waals surface area contributed by atoms with Crippen molar-refractivity contribution < 1.29 is 105 Å². The number of carbonyl (C=O) groups is 8. The molecule has 0 radical (unpaired) electrons. The van der Waals surface area contributed by atoms with Crippen LogP contribution in [-0.4, -0.2) is 159 Å². The van der Waals surface area contributed by atoms with Gasteiger partial charge in [-0.05, 0) is 0 Å². The fourth-order valence-corrected chi connectivity index (χ4v) is 7.40. The molecule has 0 bridgehead atoms. The highest BCUT2D eigenvalue weighted by atomic mass is 79.9. The van der Waals surface area contributed by atoms with Gasteiger partial charge in [0.15, 0.2) is 49.4 Å². The van der Waals surface area contributed by atoms with Crippen LogP contribution in [0.3, 0.4) is 0 Å². The lowest BCUT2D eigenvalue weighted by atomic mass is 9.90. The summed E-state index contributed by atoms with van der Waals surface area (Å²) < 4.78 is 80.8. The molecule has 0 saturated carbocycles. The predicted molar refractivity (Wildman–Crippen MR) is 192 cm³/mol. The summed E-state index contributed by atoms with van der Waals surface area (Å²) in [6.45, 7) is 9.11. The van der Waals surface area contributed by atoms with E-state index in [9.17, 15) is 38.4 Å². The third-order valence-electron chi connectivity index (χ3n) is 8.87. The van der Waals surface area contributed by atoms with Gasteiger partial charge in [0.25, 0.3) is 0 Å². The van der Waals surface area contributed by atoms with Crippen LogP contribution in [0.1, 0.15) is 62.3 Å². The summed E-state index contributed by atoms with van der Waals surface area (Å²) in [5.74, 6) is -7.27. The molecule has 22 nitrogen and oxygen atoms in total. The molecule has 3 rings (SSSR count). The molecule has 0 amide bonds. The van der Waals surface area contributed by atoms with Gasteiger partial charge < -0.3 is 66.3 Å². The Hall–Kier alpha value is -4.00. The van der Waals surface area contributed by atoms with Crippen LogP contribution in [-0.2, 0) is 105 Å². The molecule has 3 saturated heterocycles. The van der Waals surface area contributed by atoms with Crippen molar-refractivity contribution >= 4 is 63.7 Å². The van der Waals surface area contributed by atoms with E-state index < -0.39 is 153 Å². The highest BCUT2D eigenvalue weighted by molar-refractivity contribution is 9.09. The average molecular weight is 916 g/mol. The molecule has 0 aromatic rings. The first kappa shape index (κ1) is 49.4. The fraction of sp³-hybridized carbons (Fsp3) is 0.778. The Morgan fingerprint density at radius 2 is 0.729 bits per heavy atom. The quantitative estimate of drug-likeness (QED) is 0.115. The summed E-state index contributed by atoms with van der Waals surface area (Å²) in [5, 5.41) is 0.176. The van der Waals surface area contributed by atoms with E-state index in [-0.39, 0.29) is 5.33 Å². The third kappa shape index (κ3) is 14.0. The first-order valence-electron chi connectivity index (χ1n) is 18.3. The lowest BCUT2D eigenvalue weighted by molar-refractivity contribution is -0.376. The van der Waals surface area contributed by atoms with Crippen molar-refractivity contribution in [2.24, 2.45) is 5.92 Å². The number of hydrogen-bond acceptors (Lipinski definition) is 22. The van der Waals surface area contributed by atoms with Crippen LogP contribution >= 0.6 is 15.9 Å². The summed E-state index contributed by atoms with van der Waals surface area (Å²) in [6.07, 6.45) is -20.9. The van der Waals surface area contributed by atoms with Gasteiger partial charge in [-0.15, -0.1) is 0 Å². The summed E-state index contributed by atoms with van der Waals surface area (Å²) >= 11 is 3.37. The van der Waals surface area contributed by atoms with Gasteiger partial charge in [0.2, 0.25) is 0 Å². The fourth-order valence-electron chi connectivity index (χ4n) is 6.65. The smallest absolute Gasteiger partial charge is 0.303 e. The minimum absolute atomic E-state index is 0.176. The van der Waals surface area contributed by atoms with Crippen molar-refractivity contribution in [1.82, 2.24) is 0 Å². The number of ether oxygens (including phenoxy) is 14. The van der Waals surface area contributed by atoms with E-state index in [1.54, 1.807) is 6.92 Å². The van der Waals surface area contributed by atoms with Gasteiger partial charge >= 0.3 is 47.8 Å². The third-order valence-corrected chi connectivity index (χ3v) is 9.51. The van der Waals surface area contributed by atoms with E-state index in [1.807, 2.05) is 0 Å². The molecule has 0 spiro atoms. The van der Waals surface area contributed by atoms with Crippen molar-refractivity contribution in [2.45, 2.75) is 148 Å². The number of esters is 8. The molecule has 23 heteroatoms. The summed E-state index contributed by atoms with van der Waals surface area (Å²) in [5.41, 5.74) is 0. The molecule has 0 N–H and O–H groups in total. The predicted octanol–water partition coefficient (Wildman–Crippen LogP) is 0.325. The van der Waals surface area contributed by atoms with Crippen LogP contribution < -0.4 is 0 Å². The highest BCUT2D eigenvalue weighted by Gasteiger charge is 2.59. The normalized spacial score (nSPS) is 34.3. The highest BCUT2D eigenvalue weighted by Crippen LogP contribution is 2.38. The second-order valence-electron chi connectivity index (χ2n) is 13.6. The van der Waals surface area contributed by atoms with Gasteiger partial charge in [-0.25, -0.2) is 0 Å². The van der Waals surface area contributed by atoms with E-state index in [2.05, 4.69) is 15.9 Å². The number of carbonyl (C=O) groups excluding carboxylic acids is 8. The summed E-state index contributed by atoms with van der Waals surface area (Å²) in [7, 11) is 1.21. The molecule has 6 unspecified atom stereocenters. The first-order valence-corrected chi connectivity index (χ1v) is 19.4. The maximum absolute atomic E-state index is 12.8. The van der Waals surface area contributed by atoms with Crippen molar-refractivity contribution in [3.8, 4) is 0 Å². The summed E-state index contributed by atoms with van der Waals surface area (Å²) in [6, 6.07) is 0. The molecule has 334 valence electrons. The van der Waals surface area contributed by atoms with Crippen molar-refractivity contribution in [2.75, 3.05) is 25.7 Å². The van der Waals surface area contributed by atoms with Crippen LogP contribution in [0.15, 0.2) is 0 Å². The van der Waals surface area contributed by atoms with E-state index in [1.165, 1.54) is 7.11 Å². The molecule has 3 fully saturated rings. The van der Waals surface area contributed by atoms with E-state index in [4.69, 9.17) is 66.3 Å². The maximum atomic E-state index is 12.8. The molecule has 0 aromatic carbocycles. The number of alkyl halides is 1. The van der Waals surface area contributed by atoms with Crippen molar-refractivity contribution in [3.63, 3.8) is 0 Å². The van der Waals surface area contributed by atoms with Crippen molar-refractivity contribution in [3.05, 3.63) is 0 Å². The van der Waals surface area contributed by atoms with Crippen LogP contribution in [0.5, 0.6) is 0 Å². The van der Waals surface area contributed by atoms with Gasteiger partial charge in [0.05, 0.1) is 6.10 Å². The monoisotopic (exact) mass is 914 g/mol. The lowest BCUT2D eigenvalue weighted by Crippen LogP contribution is -2.68. The Bertz CT molecular complexity index is 1520. The van der Waals surface area contributed by atoms with E-state index in [0.717, 1.165) is 55.4 Å². The Kier molecular flexibility index (Phi) is 18.9. The molecular weight excluding hydrogens is 864 g/mol. The SMILES string of the molecule is CO[C@@H]1OC(COC(C)=O)[C@H](O[C@@H]2OC(COC(C)=O)[C@H](O[C@@H]3OC(CBr)[C@H](C)[C@H](OC(C)=O)C3OC(C)=O)[C@H](OC(C)=O)C2OC(C)=O)[C@H](OC(C)=O)C1OC(C)=O. The average Bonchev–Trinajstić information content (AvgIpc) is 3.11. The standard InChI is InChI=1S/C36H51BrO22/c1-14-23(11-37)55-35(31(52-20(7)43)26(14)49-17(4)40)58-28-25(13-48-16(3)39)57-36(33(54-22(9)45)30(28)51-19(6)42)59-27-24(12-47-15(2)38)56-34(46-10)32(53-21(8)44)29(27)50-18(5)41/h14,23-36H,11-13H2,1-10H3/t14-,23?,24?,25?,26-,27-,28-,29-,30-,31?,32?,33?,34+,35-,36-/m0/s1. The number of rotatable bonds is 16. The number of methoxy groups -OCH3 is 1.